The van der Waals surface area contributed by atoms with E-state index in [4.69, 9.17) is 11.6 Å². The highest BCUT2D eigenvalue weighted by Gasteiger charge is 2.25. The Labute approximate surface area is 121 Å². The van der Waals surface area contributed by atoms with E-state index in [1.807, 2.05) is 12.1 Å². The molecule has 0 heterocycles. The molecule has 1 aromatic rings. The first-order valence-corrected chi connectivity index (χ1v) is 7.59. The van der Waals surface area contributed by atoms with E-state index in [0.717, 1.165) is 17.2 Å². The smallest absolute Gasteiger partial charge is 0.0776 e. The first-order chi connectivity index (χ1) is 9.00. The Morgan fingerprint density at radius 1 is 1.32 bits per heavy atom. The second kappa shape index (κ2) is 6.15. The lowest BCUT2D eigenvalue weighted by atomic mass is 9.85. The minimum absolute atomic E-state index is 0.513. The molecule has 3 heteroatoms. The fourth-order valence-electron chi connectivity index (χ4n) is 3.14. The van der Waals surface area contributed by atoms with Crippen molar-refractivity contribution in [2.75, 3.05) is 11.9 Å². The van der Waals surface area contributed by atoms with Crippen molar-refractivity contribution < 1.29 is 5.11 Å². The van der Waals surface area contributed by atoms with E-state index in [9.17, 15) is 5.11 Å². The number of rotatable bonds is 3. The average Bonchev–Trinajstić information content (AvgIpc) is 2.38. The summed E-state index contributed by atoms with van der Waals surface area (Å²) in [4.78, 5) is 2.35. The maximum Gasteiger partial charge on any atom is 0.0776 e. The van der Waals surface area contributed by atoms with Crippen LogP contribution >= 0.6 is 11.6 Å². The highest BCUT2D eigenvalue weighted by molar-refractivity contribution is 6.31. The highest BCUT2D eigenvalue weighted by Crippen LogP contribution is 2.33. The maximum absolute atomic E-state index is 9.63. The highest BCUT2D eigenvalue weighted by atomic mass is 35.5. The molecular weight excluding hydrogens is 258 g/mol. The normalized spacial score (nSPS) is 25.1. The largest absolute Gasteiger partial charge is 0.389 e. The van der Waals surface area contributed by atoms with E-state index in [1.54, 1.807) is 6.92 Å². The number of hydrogen-bond acceptors (Lipinski definition) is 2. The molecule has 3 atom stereocenters. The van der Waals surface area contributed by atoms with Gasteiger partial charge in [0, 0.05) is 23.8 Å². The second-order valence-corrected chi connectivity index (χ2v) is 6.23. The Morgan fingerprint density at radius 2 is 2.00 bits per heavy atom. The number of halogens is 1. The number of nitrogens with zero attached hydrogens (tertiary/aromatic N) is 1. The third-order valence-electron chi connectivity index (χ3n) is 4.41. The molecule has 0 bridgehead atoms. The molecule has 3 unspecified atom stereocenters. The van der Waals surface area contributed by atoms with Crippen LogP contribution in [0.25, 0.3) is 0 Å². The van der Waals surface area contributed by atoms with Crippen molar-refractivity contribution in [3.8, 4) is 0 Å². The van der Waals surface area contributed by atoms with Crippen molar-refractivity contribution >= 4 is 17.3 Å². The summed E-state index contributed by atoms with van der Waals surface area (Å²) in [5, 5.41) is 10.3. The standard InChI is InChI=1S/C16H24ClNO/c1-11-6-4-5-7-16(11)18(3)13-8-9-14(12(2)19)15(17)10-13/h8-12,16,19H,4-7H2,1-3H3. The molecular formula is C16H24ClNO. The Morgan fingerprint density at radius 3 is 2.58 bits per heavy atom. The Bertz CT molecular complexity index is 433. The lowest BCUT2D eigenvalue weighted by molar-refractivity contribution is 0.199. The summed E-state index contributed by atoms with van der Waals surface area (Å²) >= 11 is 6.26. The van der Waals surface area contributed by atoms with Crippen LogP contribution in [0.15, 0.2) is 18.2 Å². The van der Waals surface area contributed by atoms with E-state index in [0.29, 0.717) is 11.1 Å². The SMILES string of the molecule is CC(O)c1ccc(N(C)C2CCCCC2C)cc1Cl. The molecule has 0 aromatic heterocycles. The van der Waals surface area contributed by atoms with Gasteiger partial charge in [-0.2, -0.15) is 0 Å². The number of anilines is 1. The van der Waals surface area contributed by atoms with Gasteiger partial charge in [0.2, 0.25) is 0 Å². The van der Waals surface area contributed by atoms with E-state index >= 15 is 0 Å². The number of aliphatic hydroxyl groups excluding tert-OH is 1. The van der Waals surface area contributed by atoms with Gasteiger partial charge in [0.1, 0.15) is 0 Å². The zero-order valence-electron chi connectivity index (χ0n) is 12.1. The lowest BCUT2D eigenvalue weighted by Crippen LogP contribution is -2.39. The number of hydrogen-bond donors (Lipinski definition) is 1. The predicted octanol–water partition coefficient (Wildman–Crippen LogP) is 4.41. The summed E-state index contributed by atoms with van der Waals surface area (Å²) in [6, 6.07) is 6.58. The van der Waals surface area contributed by atoms with Gasteiger partial charge in [-0.15, -0.1) is 0 Å². The molecule has 0 amide bonds. The number of aliphatic hydroxyl groups is 1. The van der Waals surface area contributed by atoms with E-state index < -0.39 is 6.10 Å². The zero-order valence-corrected chi connectivity index (χ0v) is 12.8. The van der Waals surface area contributed by atoms with Gasteiger partial charge in [-0.1, -0.05) is 37.4 Å². The average molecular weight is 282 g/mol. The fourth-order valence-corrected chi connectivity index (χ4v) is 3.47. The third-order valence-corrected chi connectivity index (χ3v) is 4.73. The lowest BCUT2D eigenvalue weighted by Gasteiger charge is -2.38. The van der Waals surface area contributed by atoms with Crippen molar-refractivity contribution in [2.45, 2.75) is 51.7 Å². The summed E-state index contributed by atoms with van der Waals surface area (Å²) in [6.07, 6.45) is 4.73. The van der Waals surface area contributed by atoms with Crippen LogP contribution in [0.4, 0.5) is 5.69 Å². The molecule has 1 fully saturated rings. The summed E-state index contributed by atoms with van der Waals surface area (Å²) in [5.41, 5.74) is 1.95. The molecule has 2 rings (SSSR count). The van der Waals surface area contributed by atoms with Gasteiger partial charge in [-0.3, -0.25) is 0 Å². The molecule has 2 nitrogen and oxygen atoms in total. The zero-order chi connectivity index (χ0) is 14.0. The van der Waals surface area contributed by atoms with Crippen molar-refractivity contribution in [2.24, 2.45) is 5.92 Å². The molecule has 1 aliphatic carbocycles. The van der Waals surface area contributed by atoms with Crippen molar-refractivity contribution in [1.29, 1.82) is 0 Å². The maximum atomic E-state index is 9.63. The summed E-state index contributed by atoms with van der Waals surface area (Å²) < 4.78 is 0. The molecule has 0 radical (unpaired) electrons. The Kier molecular flexibility index (Phi) is 4.75. The Hall–Kier alpha value is -0.730. The van der Waals surface area contributed by atoms with Gasteiger partial charge in [0.05, 0.1) is 6.10 Å². The third kappa shape index (κ3) is 3.24. The molecule has 106 valence electrons. The van der Waals surface area contributed by atoms with Crippen LogP contribution in [-0.4, -0.2) is 18.2 Å². The first-order valence-electron chi connectivity index (χ1n) is 7.21. The summed E-state index contributed by atoms with van der Waals surface area (Å²) in [6.45, 7) is 4.08. The van der Waals surface area contributed by atoms with Crippen LogP contribution in [0.5, 0.6) is 0 Å². The minimum Gasteiger partial charge on any atom is -0.389 e. The molecule has 0 aliphatic heterocycles. The molecule has 0 spiro atoms. The van der Waals surface area contributed by atoms with Crippen LogP contribution in [0.2, 0.25) is 5.02 Å². The predicted molar refractivity (Wildman–Crippen MR) is 81.9 cm³/mol. The molecule has 1 N–H and O–H groups in total. The van der Waals surface area contributed by atoms with Gasteiger partial charge >= 0.3 is 0 Å². The van der Waals surface area contributed by atoms with Crippen molar-refractivity contribution in [3.05, 3.63) is 28.8 Å². The van der Waals surface area contributed by atoms with Crippen molar-refractivity contribution in [1.82, 2.24) is 0 Å². The summed E-state index contributed by atoms with van der Waals surface area (Å²) in [5.74, 6) is 0.731. The Balaban J connectivity index is 2.19. The molecule has 19 heavy (non-hydrogen) atoms. The van der Waals surface area contributed by atoms with Crippen molar-refractivity contribution in [3.63, 3.8) is 0 Å². The van der Waals surface area contributed by atoms with Crippen LogP contribution in [-0.2, 0) is 0 Å². The quantitative estimate of drug-likeness (QED) is 0.887. The second-order valence-electron chi connectivity index (χ2n) is 5.82. The van der Waals surface area contributed by atoms with Gasteiger partial charge in [-0.25, -0.2) is 0 Å². The fraction of sp³-hybridized carbons (Fsp3) is 0.625. The van der Waals surface area contributed by atoms with Crippen LogP contribution in [0, 0.1) is 5.92 Å². The topological polar surface area (TPSA) is 23.5 Å². The molecule has 1 aromatic carbocycles. The molecule has 1 saturated carbocycles. The van der Waals surface area contributed by atoms with Gasteiger partial charge < -0.3 is 10.0 Å². The monoisotopic (exact) mass is 281 g/mol. The van der Waals surface area contributed by atoms with E-state index in [-0.39, 0.29) is 0 Å². The van der Waals surface area contributed by atoms with Crippen LogP contribution in [0.1, 0.15) is 51.2 Å². The van der Waals surface area contributed by atoms with Gasteiger partial charge in [0.25, 0.3) is 0 Å². The van der Waals surface area contributed by atoms with Crippen LogP contribution < -0.4 is 4.90 Å². The summed E-state index contributed by atoms with van der Waals surface area (Å²) in [7, 11) is 2.15. The van der Waals surface area contributed by atoms with Crippen LogP contribution in [0.3, 0.4) is 0 Å². The van der Waals surface area contributed by atoms with Gasteiger partial charge in [-0.05, 0) is 43.4 Å². The van der Waals surface area contributed by atoms with E-state index in [1.165, 1.54) is 25.7 Å². The number of benzene rings is 1. The molecule has 1 aliphatic rings. The molecule has 0 saturated heterocycles. The first kappa shape index (κ1) is 14.7. The van der Waals surface area contributed by atoms with E-state index in [2.05, 4.69) is 24.9 Å². The van der Waals surface area contributed by atoms with Gasteiger partial charge in [0.15, 0.2) is 0 Å². The minimum atomic E-state index is -0.513.